The molecule has 0 saturated carbocycles. The molecule has 6 heteroatoms. The van der Waals surface area contributed by atoms with Crippen LogP contribution in [0.25, 0.3) is 16.8 Å². The van der Waals surface area contributed by atoms with Crippen molar-refractivity contribution in [2.24, 2.45) is 0 Å². The lowest BCUT2D eigenvalue weighted by Gasteiger charge is -2.03. The molecule has 1 aromatic heterocycles. The molecule has 0 aliphatic heterocycles. The molecule has 1 heterocycles. The average molecular weight is 380 g/mol. The monoisotopic (exact) mass is 380 g/mol. The van der Waals surface area contributed by atoms with Crippen LogP contribution in [-0.4, -0.2) is 26.2 Å². The van der Waals surface area contributed by atoms with Crippen LogP contribution in [0.1, 0.15) is 27.4 Å². The van der Waals surface area contributed by atoms with Gasteiger partial charge >= 0.3 is 11.9 Å². The van der Waals surface area contributed by atoms with Crippen molar-refractivity contribution >= 4 is 28.8 Å². The second-order valence-corrected chi connectivity index (χ2v) is 6.09. The van der Waals surface area contributed by atoms with Crippen LogP contribution in [0, 0.1) is 6.92 Å². The summed E-state index contributed by atoms with van der Waals surface area (Å²) in [5.41, 5.74) is 1.19. The van der Waals surface area contributed by atoms with Crippen LogP contribution in [0.15, 0.2) is 53.0 Å². The number of methoxy groups -OCH3 is 2. The van der Waals surface area contributed by atoms with Gasteiger partial charge in [-0.25, -0.2) is 9.59 Å². The zero-order valence-electron chi connectivity index (χ0n) is 15.9. The van der Waals surface area contributed by atoms with Crippen LogP contribution in [0.4, 0.5) is 0 Å². The van der Waals surface area contributed by atoms with Crippen molar-refractivity contribution < 1.29 is 28.2 Å². The van der Waals surface area contributed by atoms with E-state index in [0.717, 1.165) is 22.1 Å². The SMILES string of the molecule is COC(=O)c1cc(COC(=O)/C=C/c2ccc3cc(OC)ccc3c2)oc1C. The van der Waals surface area contributed by atoms with E-state index < -0.39 is 11.9 Å². The van der Waals surface area contributed by atoms with Crippen LogP contribution in [0.5, 0.6) is 5.75 Å². The first-order chi connectivity index (χ1) is 13.5. The minimum absolute atomic E-state index is 0.0709. The first-order valence-electron chi connectivity index (χ1n) is 8.60. The summed E-state index contributed by atoms with van der Waals surface area (Å²) in [5.74, 6) is 0.583. The van der Waals surface area contributed by atoms with Gasteiger partial charge in [-0.3, -0.25) is 0 Å². The molecule has 0 fully saturated rings. The Morgan fingerprint density at radius 2 is 1.79 bits per heavy atom. The quantitative estimate of drug-likeness (QED) is 0.469. The number of carbonyl (C=O) groups is 2. The summed E-state index contributed by atoms with van der Waals surface area (Å²) in [6.07, 6.45) is 3.03. The van der Waals surface area contributed by atoms with E-state index in [4.69, 9.17) is 13.9 Å². The highest BCUT2D eigenvalue weighted by Gasteiger charge is 2.15. The highest BCUT2D eigenvalue weighted by Crippen LogP contribution is 2.22. The minimum Gasteiger partial charge on any atom is -0.497 e. The number of benzene rings is 2. The summed E-state index contributed by atoms with van der Waals surface area (Å²) in [6.45, 7) is 1.57. The number of furan rings is 1. The predicted molar refractivity (Wildman–Crippen MR) is 104 cm³/mol. The highest BCUT2D eigenvalue weighted by atomic mass is 16.5. The molecule has 0 aliphatic carbocycles. The second kappa shape index (κ2) is 8.43. The third-order valence-electron chi connectivity index (χ3n) is 4.21. The second-order valence-electron chi connectivity index (χ2n) is 6.09. The van der Waals surface area contributed by atoms with E-state index >= 15 is 0 Å². The van der Waals surface area contributed by atoms with Crippen molar-refractivity contribution in [1.29, 1.82) is 0 Å². The largest absolute Gasteiger partial charge is 0.497 e. The highest BCUT2D eigenvalue weighted by molar-refractivity contribution is 5.91. The number of ether oxygens (including phenoxy) is 3. The van der Waals surface area contributed by atoms with E-state index in [0.29, 0.717) is 17.1 Å². The number of rotatable bonds is 6. The molecular weight excluding hydrogens is 360 g/mol. The summed E-state index contributed by atoms with van der Waals surface area (Å²) in [6, 6.07) is 13.1. The molecule has 6 nitrogen and oxygen atoms in total. The average Bonchev–Trinajstić information content (AvgIpc) is 3.10. The van der Waals surface area contributed by atoms with Gasteiger partial charge in [0.05, 0.1) is 14.2 Å². The van der Waals surface area contributed by atoms with Crippen LogP contribution in [-0.2, 0) is 20.9 Å². The van der Waals surface area contributed by atoms with Crippen molar-refractivity contribution in [2.75, 3.05) is 14.2 Å². The summed E-state index contributed by atoms with van der Waals surface area (Å²) in [4.78, 5) is 23.5. The van der Waals surface area contributed by atoms with Gasteiger partial charge in [-0.1, -0.05) is 18.2 Å². The zero-order valence-corrected chi connectivity index (χ0v) is 15.9. The molecule has 3 aromatic rings. The Hall–Kier alpha value is -3.54. The molecule has 0 N–H and O–H groups in total. The van der Waals surface area contributed by atoms with Crippen LogP contribution < -0.4 is 4.74 Å². The van der Waals surface area contributed by atoms with Crippen LogP contribution in [0.2, 0.25) is 0 Å². The van der Waals surface area contributed by atoms with Crippen molar-refractivity contribution in [3.05, 3.63) is 71.2 Å². The fraction of sp³-hybridized carbons (Fsp3) is 0.182. The Bertz CT molecular complexity index is 1040. The lowest BCUT2D eigenvalue weighted by Crippen LogP contribution is -2.01. The van der Waals surface area contributed by atoms with Crippen LogP contribution in [0.3, 0.4) is 0 Å². The van der Waals surface area contributed by atoms with Crippen molar-refractivity contribution in [1.82, 2.24) is 0 Å². The Balaban J connectivity index is 1.62. The number of fused-ring (bicyclic) bond motifs is 1. The van der Waals surface area contributed by atoms with Gasteiger partial charge < -0.3 is 18.6 Å². The number of hydrogen-bond donors (Lipinski definition) is 0. The van der Waals surface area contributed by atoms with E-state index in [1.165, 1.54) is 19.3 Å². The fourth-order valence-electron chi connectivity index (χ4n) is 2.76. The lowest BCUT2D eigenvalue weighted by molar-refractivity contribution is -0.139. The first-order valence-corrected chi connectivity index (χ1v) is 8.60. The Kier molecular flexibility index (Phi) is 5.79. The van der Waals surface area contributed by atoms with Gasteiger partial charge in [-0.2, -0.15) is 0 Å². The summed E-state index contributed by atoms with van der Waals surface area (Å²) in [7, 11) is 2.92. The summed E-state index contributed by atoms with van der Waals surface area (Å²) in [5, 5.41) is 2.09. The molecule has 0 radical (unpaired) electrons. The van der Waals surface area contributed by atoms with E-state index in [-0.39, 0.29) is 6.61 Å². The number of hydrogen-bond acceptors (Lipinski definition) is 6. The standard InChI is InChI=1S/C22H20O6/c1-14-20(22(24)26-3)12-19(28-14)13-27-21(23)9-5-15-4-6-17-11-18(25-2)8-7-16(17)10-15/h4-12H,13H2,1-3H3/b9-5+. The molecule has 28 heavy (non-hydrogen) atoms. The van der Waals surface area contributed by atoms with Gasteiger partial charge in [-0.05, 0) is 53.6 Å². The van der Waals surface area contributed by atoms with E-state index in [1.54, 1.807) is 20.1 Å². The molecule has 0 spiro atoms. The van der Waals surface area contributed by atoms with Crippen molar-refractivity contribution in [2.45, 2.75) is 13.5 Å². The third-order valence-corrected chi connectivity index (χ3v) is 4.21. The summed E-state index contributed by atoms with van der Waals surface area (Å²) >= 11 is 0. The smallest absolute Gasteiger partial charge is 0.341 e. The normalized spacial score (nSPS) is 11.0. The van der Waals surface area contributed by atoms with Gasteiger partial charge in [0.25, 0.3) is 0 Å². The topological polar surface area (TPSA) is 75.0 Å². The summed E-state index contributed by atoms with van der Waals surface area (Å²) < 4.78 is 20.4. The lowest BCUT2D eigenvalue weighted by atomic mass is 10.1. The molecule has 144 valence electrons. The van der Waals surface area contributed by atoms with Gasteiger partial charge in [-0.15, -0.1) is 0 Å². The number of esters is 2. The van der Waals surface area contributed by atoms with E-state index in [9.17, 15) is 9.59 Å². The van der Waals surface area contributed by atoms with Gasteiger partial charge in [0.1, 0.15) is 29.4 Å². The molecule has 2 aromatic carbocycles. The molecule has 0 unspecified atom stereocenters. The third kappa shape index (κ3) is 4.40. The van der Waals surface area contributed by atoms with Gasteiger partial charge in [0.2, 0.25) is 0 Å². The Labute approximate surface area is 162 Å². The molecule has 0 saturated heterocycles. The Morgan fingerprint density at radius 3 is 2.54 bits per heavy atom. The maximum atomic E-state index is 12.0. The maximum Gasteiger partial charge on any atom is 0.341 e. The van der Waals surface area contributed by atoms with Crippen LogP contribution >= 0.6 is 0 Å². The Morgan fingerprint density at radius 1 is 1.04 bits per heavy atom. The molecule has 0 bridgehead atoms. The van der Waals surface area contributed by atoms with E-state index in [1.807, 2.05) is 36.4 Å². The van der Waals surface area contributed by atoms with Gasteiger partial charge in [0.15, 0.2) is 0 Å². The maximum absolute atomic E-state index is 12.0. The van der Waals surface area contributed by atoms with E-state index in [2.05, 4.69) is 4.74 Å². The molecular formula is C22H20O6. The molecule has 0 atom stereocenters. The molecule has 0 amide bonds. The number of carbonyl (C=O) groups excluding carboxylic acids is 2. The number of aryl methyl sites for hydroxylation is 1. The van der Waals surface area contributed by atoms with Crippen molar-refractivity contribution in [3.63, 3.8) is 0 Å². The minimum atomic E-state index is -0.511. The zero-order chi connectivity index (χ0) is 20.1. The first kappa shape index (κ1) is 19.2. The predicted octanol–water partition coefficient (Wildman–Crippen LogP) is 4.29. The molecule has 3 rings (SSSR count). The fourth-order valence-corrected chi connectivity index (χ4v) is 2.76. The molecule has 0 aliphatic rings. The van der Waals surface area contributed by atoms with Crippen molar-refractivity contribution in [3.8, 4) is 5.75 Å². The van der Waals surface area contributed by atoms with Gasteiger partial charge in [0, 0.05) is 6.08 Å².